The molecule has 0 aliphatic rings. The van der Waals surface area contributed by atoms with Crippen molar-refractivity contribution in [3.05, 3.63) is 34.4 Å². The molecule has 1 aromatic rings. The molecule has 3 nitrogen and oxygen atoms in total. The average Bonchev–Trinajstić information content (AvgIpc) is 2.48. The normalized spacial score (nSPS) is 12.3. The predicted molar refractivity (Wildman–Crippen MR) is 66.2 cm³/mol. The summed E-state index contributed by atoms with van der Waals surface area (Å²) in [4.78, 5) is 11.4. The molecule has 1 aromatic carbocycles. The molecule has 0 fully saturated rings. The molecule has 0 radical (unpaired) electrons. The molecule has 0 heterocycles. The second-order valence-corrected chi connectivity index (χ2v) is 4.56. The first-order valence-corrected chi connectivity index (χ1v) is 6.34. The molecule has 21 heavy (non-hydrogen) atoms. The highest BCUT2D eigenvalue weighted by atomic mass is 19.2. The van der Waals surface area contributed by atoms with Crippen LogP contribution in [0.1, 0.15) is 31.4 Å². The smallest absolute Gasteiger partial charge is 0.308 e. The SMILES string of the molecule is CCC(C)C(=O)OCc1c(F)c(F)c(COC)c(F)c1F. The minimum atomic E-state index is -1.59. The Bertz CT molecular complexity index is 502. The maximum Gasteiger partial charge on any atom is 0.308 e. The largest absolute Gasteiger partial charge is 0.460 e. The number of esters is 1. The Kier molecular flexibility index (Phi) is 6.14. The van der Waals surface area contributed by atoms with Crippen LogP contribution in [0.5, 0.6) is 0 Å². The standard InChI is InChI=1S/C14H16F4O3/c1-4-7(2)14(19)21-6-9-12(17)10(15)8(5-20-3)11(16)13(9)18/h7H,4-6H2,1-3H3. The summed E-state index contributed by atoms with van der Waals surface area (Å²) in [6.07, 6.45) is 0.472. The Morgan fingerprint density at radius 2 is 1.43 bits per heavy atom. The van der Waals surface area contributed by atoms with Gasteiger partial charge in [0, 0.05) is 7.11 Å². The molecule has 0 N–H and O–H groups in total. The van der Waals surface area contributed by atoms with Gasteiger partial charge in [0.2, 0.25) is 0 Å². The molecular weight excluding hydrogens is 292 g/mol. The summed E-state index contributed by atoms with van der Waals surface area (Å²) in [6.45, 7) is 1.81. The number of rotatable bonds is 6. The van der Waals surface area contributed by atoms with Gasteiger partial charge in [0.05, 0.1) is 23.7 Å². The van der Waals surface area contributed by atoms with Crippen LogP contribution in [0.15, 0.2) is 0 Å². The zero-order valence-electron chi connectivity index (χ0n) is 11.9. The van der Waals surface area contributed by atoms with Crippen molar-refractivity contribution >= 4 is 5.97 Å². The van der Waals surface area contributed by atoms with Gasteiger partial charge in [-0.15, -0.1) is 0 Å². The van der Waals surface area contributed by atoms with E-state index in [0.29, 0.717) is 6.42 Å². The number of hydrogen-bond acceptors (Lipinski definition) is 3. The van der Waals surface area contributed by atoms with E-state index in [1.807, 2.05) is 0 Å². The maximum atomic E-state index is 13.7. The van der Waals surface area contributed by atoms with Gasteiger partial charge in [-0.2, -0.15) is 0 Å². The monoisotopic (exact) mass is 308 g/mol. The van der Waals surface area contributed by atoms with Crippen molar-refractivity contribution in [3.8, 4) is 0 Å². The molecule has 0 aliphatic heterocycles. The van der Waals surface area contributed by atoms with Crippen molar-refractivity contribution in [3.63, 3.8) is 0 Å². The summed E-state index contributed by atoms with van der Waals surface area (Å²) in [6, 6.07) is 0. The van der Waals surface area contributed by atoms with E-state index < -0.39 is 59.5 Å². The molecule has 118 valence electrons. The molecule has 1 rings (SSSR count). The van der Waals surface area contributed by atoms with E-state index in [4.69, 9.17) is 0 Å². The minimum Gasteiger partial charge on any atom is -0.460 e. The molecule has 0 saturated heterocycles. The van der Waals surface area contributed by atoms with Crippen molar-refractivity contribution in [2.24, 2.45) is 5.92 Å². The van der Waals surface area contributed by atoms with Gasteiger partial charge in [0.1, 0.15) is 6.61 Å². The van der Waals surface area contributed by atoms with Crippen LogP contribution in [0.2, 0.25) is 0 Å². The number of methoxy groups -OCH3 is 1. The van der Waals surface area contributed by atoms with Crippen molar-refractivity contribution < 1.29 is 31.8 Å². The quantitative estimate of drug-likeness (QED) is 0.458. The summed E-state index contributed by atoms with van der Waals surface area (Å²) >= 11 is 0. The molecule has 0 amide bonds. The molecule has 0 bridgehead atoms. The number of ether oxygens (including phenoxy) is 2. The third-order valence-electron chi connectivity index (χ3n) is 3.11. The van der Waals surface area contributed by atoms with Crippen molar-refractivity contribution in [2.75, 3.05) is 7.11 Å². The van der Waals surface area contributed by atoms with E-state index in [9.17, 15) is 22.4 Å². The molecule has 0 aromatic heterocycles. The van der Waals surface area contributed by atoms with E-state index in [2.05, 4.69) is 9.47 Å². The van der Waals surface area contributed by atoms with Gasteiger partial charge in [0.15, 0.2) is 23.3 Å². The topological polar surface area (TPSA) is 35.5 Å². The fourth-order valence-electron chi connectivity index (χ4n) is 1.57. The number of carbonyl (C=O) groups excluding carboxylic acids is 1. The van der Waals surface area contributed by atoms with Crippen molar-refractivity contribution in [1.82, 2.24) is 0 Å². The number of hydrogen-bond donors (Lipinski definition) is 0. The lowest BCUT2D eigenvalue weighted by molar-refractivity contribution is -0.149. The molecular formula is C14H16F4O3. The predicted octanol–water partition coefficient (Wildman–Crippen LogP) is 3.48. The van der Waals surface area contributed by atoms with Gasteiger partial charge in [-0.25, -0.2) is 17.6 Å². The van der Waals surface area contributed by atoms with Gasteiger partial charge in [-0.05, 0) is 6.42 Å². The van der Waals surface area contributed by atoms with Crippen LogP contribution >= 0.6 is 0 Å². The Morgan fingerprint density at radius 3 is 1.81 bits per heavy atom. The number of halogens is 4. The lowest BCUT2D eigenvalue weighted by Gasteiger charge is -2.13. The van der Waals surface area contributed by atoms with Crippen molar-refractivity contribution in [1.29, 1.82) is 0 Å². The average molecular weight is 308 g/mol. The first kappa shape index (κ1) is 17.4. The zero-order valence-corrected chi connectivity index (χ0v) is 11.9. The van der Waals surface area contributed by atoms with Crippen LogP contribution in [-0.2, 0) is 27.5 Å². The molecule has 7 heteroatoms. The van der Waals surface area contributed by atoms with Gasteiger partial charge in [-0.1, -0.05) is 13.8 Å². The lowest BCUT2D eigenvalue weighted by atomic mass is 10.1. The van der Waals surface area contributed by atoms with Gasteiger partial charge >= 0.3 is 5.97 Å². The van der Waals surface area contributed by atoms with Crippen LogP contribution < -0.4 is 0 Å². The summed E-state index contributed by atoms with van der Waals surface area (Å²) in [5.74, 6) is -7.44. The molecule has 1 atom stereocenters. The Labute approximate surface area is 119 Å². The van der Waals surface area contributed by atoms with Gasteiger partial charge in [-0.3, -0.25) is 4.79 Å². The summed E-state index contributed by atoms with van der Waals surface area (Å²) < 4.78 is 63.9. The molecule has 0 spiro atoms. The van der Waals surface area contributed by atoms with Crippen LogP contribution in [-0.4, -0.2) is 13.1 Å². The van der Waals surface area contributed by atoms with Crippen LogP contribution in [0.3, 0.4) is 0 Å². The number of benzene rings is 1. The highest BCUT2D eigenvalue weighted by Gasteiger charge is 2.26. The lowest BCUT2D eigenvalue weighted by Crippen LogP contribution is -2.16. The zero-order chi connectivity index (χ0) is 16.2. The third kappa shape index (κ3) is 3.72. The first-order valence-electron chi connectivity index (χ1n) is 6.34. The van der Waals surface area contributed by atoms with E-state index in [1.165, 1.54) is 0 Å². The summed E-state index contributed by atoms with van der Waals surface area (Å²) in [7, 11) is 1.14. The molecule has 0 saturated carbocycles. The fourth-order valence-corrected chi connectivity index (χ4v) is 1.57. The number of carbonyl (C=O) groups is 1. The second-order valence-electron chi connectivity index (χ2n) is 4.56. The van der Waals surface area contributed by atoms with Crippen LogP contribution in [0.25, 0.3) is 0 Å². The van der Waals surface area contributed by atoms with Gasteiger partial charge in [0.25, 0.3) is 0 Å². The first-order chi connectivity index (χ1) is 9.84. The highest BCUT2D eigenvalue weighted by molar-refractivity contribution is 5.71. The van der Waals surface area contributed by atoms with Crippen LogP contribution in [0.4, 0.5) is 17.6 Å². The third-order valence-corrected chi connectivity index (χ3v) is 3.11. The Balaban J connectivity index is 3.06. The van der Waals surface area contributed by atoms with E-state index >= 15 is 0 Å². The van der Waals surface area contributed by atoms with E-state index in [0.717, 1.165) is 7.11 Å². The molecule has 1 unspecified atom stereocenters. The summed E-state index contributed by atoms with van der Waals surface area (Å²) in [5.41, 5.74) is -1.80. The maximum absolute atomic E-state index is 13.7. The Hall–Kier alpha value is -1.63. The Morgan fingerprint density at radius 1 is 1.00 bits per heavy atom. The second kappa shape index (κ2) is 7.40. The minimum absolute atomic E-state index is 0.472. The van der Waals surface area contributed by atoms with Gasteiger partial charge < -0.3 is 9.47 Å². The van der Waals surface area contributed by atoms with E-state index in [1.54, 1.807) is 13.8 Å². The fraction of sp³-hybridized carbons (Fsp3) is 0.500. The van der Waals surface area contributed by atoms with Crippen LogP contribution in [0, 0.1) is 29.2 Å². The molecule has 0 aliphatic carbocycles. The highest BCUT2D eigenvalue weighted by Crippen LogP contribution is 2.25. The van der Waals surface area contributed by atoms with Crippen molar-refractivity contribution in [2.45, 2.75) is 33.5 Å². The van der Waals surface area contributed by atoms with E-state index in [-0.39, 0.29) is 0 Å². The summed E-state index contributed by atoms with van der Waals surface area (Å²) in [5, 5.41) is 0.